The zero-order valence-electron chi connectivity index (χ0n) is 7.18. The molecule has 0 aliphatic carbocycles. The molecule has 0 aliphatic rings. The van der Waals surface area contributed by atoms with Crippen molar-refractivity contribution in [3.05, 3.63) is 42.5 Å². The maximum atomic E-state index is 8.57. The van der Waals surface area contributed by atoms with Gasteiger partial charge in [0.1, 0.15) is 18.0 Å². The van der Waals surface area contributed by atoms with E-state index in [0.717, 1.165) is 0 Å². The first kappa shape index (κ1) is 8.32. The molecule has 14 heavy (non-hydrogen) atoms. The number of nitrogens with zero attached hydrogens (tertiary/aromatic N) is 4. The van der Waals surface area contributed by atoms with Gasteiger partial charge in [-0.05, 0) is 12.1 Å². The SMILES string of the molecule is N#Cc1ccc(-c2cnc[c]n2)nc1. The molecule has 2 aromatic heterocycles. The first-order valence-electron chi connectivity index (χ1n) is 3.95. The predicted octanol–water partition coefficient (Wildman–Crippen LogP) is 1.21. The average Bonchev–Trinajstić information content (AvgIpc) is 2.30. The minimum Gasteiger partial charge on any atom is -0.260 e. The second-order valence-electron chi connectivity index (χ2n) is 2.58. The highest BCUT2D eigenvalue weighted by molar-refractivity contribution is 5.52. The molecular formula is C10H5N4. The highest BCUT2D eigenvalue weighted by Crippen LogP contribution is 2.11. The zero-order valence-corrected chi connectivity index (χ0v) is 7.18. The lowest BCUT2D eigenvalue weighted by Gasteiger charge is -1.96. The second-order valence-corrected chi connectivity index (χ2v) is 2.58. The van der Waals surface area contributed by atoms with Crippen LogP contribution in [-0.4, -0.2) is 15.0 Å². The van der Waals surface area contributed by atoms with Gasteiger partial charge in [-0.25, -0.2) is 4.98 Å². The normalized spacial score (nSPS) is 9.36. The maximum absolute atomic E-state index is 8.57. The molecule has 2 rings (SSSR count). The summed E-state index contributed by atoms with van der Waals surface area (Å²) in [5.41, 5.74) is 1.87. The number of pyridine rings is 1. The molecule has 2 aromatic rings. The van der Waals surface area contributed by atoms with Gasteiger partial charge in [-0.15, -0.1) is 0 Å². The van der Waals surface area contributed by atoms with E-state index in [0.29, 0.717) is 17.0 Å². The summed E-state index contributed by atoms with van der Waals surface area (Å²) < 4.78 is 0. The van der Waals surface area contributed by atoms with Gasteiger partial charge < -0.3 is 0 Å². The molecule has 4 nitrogen and oxygen atoms in total. The molecule has 0 unspecified atom stereocenters. The van der Waals surface area contributed by atoms with E-state index < -0.39 is 0 Å². The number of hydrogen-bond donors (Lipinski definition) is 0. The summed E-state index contributed by atoms with van der Waals surface area (Å²) >= 11 is 0. The van der Waals surface area contributed by atoms with E-state index in [1.165, 1.54) is 12.4 Å². The van der Waals surface area contributed by atoms with E-state index in [-0.39, 0.29) is 0 Å². The lowest BCUT2D eigenvalue weighted by molar-refractivity contribution is 1.16. The van der Waals surface area contributed by atoms with E-state index in [1.807, 2.05) is 6.07 Å². The van der Waals surface area contributed by atoms with Crippen LogP contribution in [0, 0.1) is 17.5 Å². The van der Waals surface area contributed by atoms with Crippen LogP contribution in [0.3, 0.4) is 0 Å². The average molecular weight is 181 g/mol. The molecule has 4 heteroatoms. The van der Waals surface area contributed by atoms with Crippen molar-refractivity contribution in [1.82, 2.24) is 15.0 Å². The lowest BCUT2D eigenvalue weighted by Crippen LogP contribution is -1.88. The third kappa shape index (κ3) is 1.57. The quantitative estimate of drug-likeness (QED) is 0.663. The Kier molecular flexibility index (Phi) is 2.15. The van der Waals surface area contributed by atoms with E-state index in [9.17, 15) is 0 Å². The lowest BCUT2D eigenvalue weighted by atomic mass is 10.2. The zero-order chi connectivity index (χ0) is 9.80. The molecule has 0 spiro atoms. The Labute approximate surface area is 80.9 Å². The Morgan fingerprint density at radius 2 is 2.14 bits per heavy atom. The Balaban J connectivity index is 2.40. The van der Waals surface area contributed by atoms with Crippen LogP contribution in [0.2, 0.25) is 0 Å². The molecule has 0 atom stereocenters. The van der Waals surface area contributed by atoms with Crippen LogP contribution in [0.4, 0.5) is 0 Å². The van der Waals surface area contributed by atoms with Gasteiger partial charge >= 0.3 is 0 Å². The number of aromatic nitrogens is 3. The van der Waals surface area contributed by atoms with Crippen LogP contribution in [0.25, 0.3) is 11.4 Å². The van der Waals surface area contributed by atoms with Gasteiger partial charge in [0, 0.05) is 6.20 Å². The van der Waals surface area contributed by atoms with Crippen molar-refractivity contribution in [2.24, 2.45) is 0 Å². The first-order valence-corrected chi connectivity index (χ1v) is 3.95. The van der Waals surface area contributed by atoms with Crippen LogP contribution < -0.4 is 0 Å². The molecule has 0 saturated heterocycles. The first-order chi connectivity index (χ1) is 6.90. The summed E-state index contributed by atoms with van der Waals surface area (Å²) in [6, 6.07) is 5.42. The van der Waals surface area contributed by atoms with Crippen molar-refractivity contribution >= 4 is 0 Å². The monoisotopic (exact) mass is 181 g/mol. The molecule has 0 N–H and O–H groups in total. The van der Waals surface area contributed by atoms with Crippen LogP contribution in [0.15, 0.2) is 30.7 Å². The summed E-state index contributed by atoms with van der Waals surface area (Å²) in [5, 5.41) is 8.57. The smallest absolute Gasteiger partial charge is 0.109 e. The molecule has 2 heterocycles. The van der Waals surface area contributed by atoms with E-state index in [1.54, 1.807) is 18.3 Å². The van der Waals surface area contributed by atoms with Crippen molar-refractivity contribution in [2.45, 2.75) is 0 Å². The molecule has 65 valence electrons. The van der Waals surface area contributed by atoms with E-state index in [4.69, 9.17) is 5.26 Å². The number of rotatable bonds is 1. The van der Waals surface area contributed by atoms with Crippen molar-refractivity contribution in [3.63, 3.8) is 0 Å². The van der Waals surface area contributed by atoms with Gasteiger partial charge in [0.15, 0.2) is 0 Å². The summed E-state index contributed by atoms with van der Waals surface area (Å²) in [4.78, 5) is 11.9. The molecule has 0 aliphatic heterocycles. The minimum absolute atomic E-state index is 0.529. The minimum atomic E-state index is 0.529. The molecule has 0 amide bonds. The van der Waals surface area contributed by atoms with Crippen LogP contribution in [-0.2, 0) is 0 Å². The summed E-state index contributed by atoms with van der Waals surface area (Å²) in [6.07, 6.45) is 7.21. The summed E-state index contributed by atoms with van der Waals surface area (Å²) in [7, 11) is 0. The molecule has 0 aromatic carbocycles. The van der Waals surface area contributed by atoms with Crippen LogP contribution in [0.5, 0.6) is 0 Å². The summed E-state index contributed by atoms with van der Waals surface area (Å²) in [5.74, 6) is 0. The van der Waals surface area contributed by atoms with Crippen molar-refractivity contribution in [1.29, 1.82) is 5.26 Å². The Morgan fingerprint density at radius 1 is 1.21 bits per heavy atom. The fourth-order valence-corrected chi connectivity index (χ4v) is 1.00. The van der Waals surface area contributed by atoms with Gasteiger partial charge in [-0.1, -0.05) is 0 Å². The van der Waals surface area contributed by atoms with Crippen molar-refractivity contribution in [3.8, 4) is 17.5 Å². The molecular weight excluding hydrogens is 176 g/mol. The Hall–Kier alpha value is -2.28. The highest BCUT2D eigenvalue weighted by atomic mass is 14.8. The maximum Gasteiger partial charge on any atom is 0.109 e. The Bertz CT molecular complexity index is 456. The predicted molar refractivity (Wildman–Crippen MR) is 48.8 cm³/mol. The van der Waals surface area contributed by atoms with Crippen molar-refractivity contribution in [2.75, 3.05) is 0 Å². The van der Waals surface area contributed by atoms with Crippen molar-refractivity contribution < 1.29 is 0 Å². The Morgan fingerprint density at radius 3 is 2.71 bits per heavy atom. The van der Waals surface area contributed by atoms with Gasteiger partial charge in [0.05, 0.1) is 23.7 Å². The standard InChI is InChI=1S/C10H5N4/c11-5-8-1-2-9(14-6-8)10-7-12-3-4-13-10/h1-3,6-7H. The van der Waals surface area contributed by atoms with Crippen LogP contribution >= 0.6 is 0 Å². The van der Waals surface area contributed by atoms with Gasteiger partial charge in [-0.2, -0.15) is 5.26 Å². The third-order valence-electron chi connectivity index (χ3n) is 1.67. The van der Waals surface area contributed by atoms with Gasteiger partial charge in [0.25, 0.3) is 0 Å². The topological polar surface area (TPSA) is 62.5 Å². The van der Waals surface area contributed by atoms with Crippen LogP contribution in [0.1, 0.15) is 5.56 Å². The van der Waals surface area contributed by atoms with Gasteiger partial charge in [0.2, 0.25) is 0 Å². The summed E-state index contributed by atoms with van der Waals surface area (Å²) in [6.45, 7) is 0. The largest absolute Gasteiger partial charge is 0.260 e. The highest BCUT2D eigenvalue weighted by Gasteiger charge is 1.99. The van der Waals surface area contributed by atoms with E-state index in [2.05, 4.69) is 21.1 Å². The fraction of sp³-hybridized carbons (Fsp3) is 0. The molecule has 0 bridgehead atoms. The molecule has 0 saturated carbocycles. The van der Waals surface area contributed by atoms with E-state index >= 15 is 0 Å². The molecule has 1 radical (unpaired) electrons. The number of hydrogen-bond acceptors (Lipinski definition) is 4. The second kappa shape index (κ2) is 3.62. The number of nitriles is 1. The molecule has 0 fully saturated rings. The van der Waals surface area contributed by atoms with Gasteiger partial charge in [-0.3, -0.25) is 9.97 Å². The fourth-order valence-electron chi connectivity index (χ4n) is 1.00. The third-order valence-corrected chi connectivity index (χ3v) is 1.67.